The summed E-state index contributed by atoms with van der Waals surface area (Å²) < 4.78 is 13.5. The molecule has 0 bridgehead atoms. The fraction of sp³-hybridized carbons (Fsp3) is 0.238. The van der Waals surface area contributed by atoms with E-state index in [-0.39, 0.29) is 11.5 Å². The van der Waals surface area contributed by atoms with Gasteiger partial charge in [0.1, 0.15) is 0 Å². The summed E-state index contributed by atoms with van der Waals surface area (Å²) in [6.45, 7) is 1.49. The monoisotopic (exact) mass is 503 g/mol. The molecule has 1 N–H and O–H groups in total. The van der Waals surface area contributed by atoms with Gasteiger partial charge in [-0.3, -0.25) is 14.6 Å². The van der Waals surface area contributed by atoms with Gasteiger partial charge >= 0.3 is 11.3 Å². The second-order valence-electron chi connectivity index (χ2n) is 6.77. The van der Waals surface area contributed by atoms with E-state index >= 15 is 0 Å². The van der Waals surface area contributed by atoms with E-state index < -0.39 is 6.17 Å². The van der Waals surface area contributed by atoms with Crippen LogP contribution in [0.15, 0.2) is 50.8 Å². The zero-order valence-corrected chi connectivity index (χ0v) is 19.7. The predicted octanol–water partition coefficient (Wildman–Crippen LogP) is 3.14. The molecule has 10 heteroatoms. The first-order valence-corrected chi connectivity index (χ1v) is 11.3. The Morgan fingerprint density at radius 1 is 1.26 bits per heavy atom. The van der Waals surface area contributed by atoms with Crippen molar-refractivity contribution in [2.24, 2.45) is 0 Å². The van der Waals surface area contributed by atoms with Crippen LogP contribution in [0.3, 0.4) is 0 Å². The summed E-state index contributed by atoms with van der Waals surface area (Å²) in [7, 11) is 3.08. The number of para-hydroxylation sites is 1. The van der Waals surface area contributed by atoms with E-state index in [0.717, 1.165) is 4.47 Å². The number of carbonyl (C=O) groups excluding carboxylic acids is 1. The highest BCUT2D eigenvalue weighted by Gasteiger charge is 2.46. The number of thioether (sulfide) groups is 1. The molecule has 0 saturated heterocycles. The highest BCUT2D eigenvalue weighted by Crippen LogP contribution is 2.43. The van der Waals surface area contributed by atoms with Crippen molar-refractivity contribution in [3.8, 4) is 22.8 Å². The number of benzene rings is 2. The van der Waals surface area contributed by atoms with E-state index in [1.165, 1.54) is 25.8 Å². The number of carbonyl (C=O) groups is 1. The number of hydrogen-bond donors (Lipinski definition) is 1. The third-order valence-corrected chi connectivity index (χ3v) is 6.07. The number of anilines is 1. The molecule has 2 heterocycles. The number of amides is 1. The van der Waals surface area contributed by atoms with Crippen LogP contribution in [0, 0.1) is 0 Å². The van der Waals surface area contributed by atoms with Gasteiger partial charge in [0.15, 0.2) is 11.5 Å². The predicted molar refractivity (Wildman–Crippen MR) is 121 cm³/mol. The molecule has 0 saturated carbocycles. The maximum absolute atomic E-state index is 13.1. The van der Waals surface area contributed by atoms with Crippen LogP contribution in [0.4, 0.5) is 5.69 Å². The molecule has 1 aliphatic rings. The van der Waals surface area contributed by atoms with Crippen LogP contribution in [-0.2, 0) is 4.79 Å². The first-order chi connectivity index (χ1) is 14.9. The van der Waals surface area contributed by atoms with E-state index in [1.54, 1.807) is 22.8 Å². The van der Waals surface area contributed by atoms with Crippen LogP contribution < -0.4 is 24.6 Å². The van der Waals surface area contributed by atoms with Gasteiger partial charge in [0.05, 0.1) is 31.0 Å². The smallest absolute Gasteiger partial charge is 0.325 e. The van der Waals surface area contributed by atoms with Crippen LogP contribution in [0.1, 0.15) is 18.7 Å². The van der Waals surface area contributed by atoms with E-state index in [9.17, 15) is 9.59 Å². The number of halogens is 1. The van der Waals surface area contributed by atoms with Gasteiger partial charge in [0.2, 0.25) is 11.1 Å². The number of H-pyrrole nitrogens is 1. The molecule has 3 aromatic rings. The summed E-state index contributed by atoms with van der Waals surface area (Å²) >= 11 is 4.82. The highest BCUT2D eigenvalue weighted by molar-refractivity contribution is 9.10. The summed E-state index contributed by atoms with van der Waals surface area (Å²) in [4.78, 5) is 30.5. The summed E-state index contributed by atoms with van der Waals surface area (Å²) in [6.07, 6.45) is 1.06. The van der Waals surface area contributed by atoms with E-state index in [1.807, 2.05) is 36.6 Å². The van der Waals surface area contributed by atoms with E-state index in [0.29, 0.717) is 39.2 Å². The Balaban J connectivity index is 2.15. The van der Waals surface area contributed by atoms with Crippen LogP contribution in [0.5, 0.6) is 11.5 Å². The molecule has 0 unspecified atom stereocenters. The SMILES string of the molecule is COc1cc(Br)cc([C@H]2N(C(C)=O)c3ccccc3-c3c(=O)[nH]c(SC)n[n+]32)c1OC. The molecule has 4 rings (SSSR count). The quantitative estimate of drug-likeness (QED) is 0.434. The van der Waals surface area contributed by atoms with E-state index in [4.69, 9.17) is 9.47 Å². The fourth-order valence-corrected chi connectivity index (χ4v) is 4.66. The molecule has 0 aliphatic carbocycles. The molecule has 8 nitrogen and oxygen atoms in total. The number of nitrogens with one attached hydrogen (secondary N) is 1. The van der Waals surface area contributed by atoms with Crippen LogP contribution >= 0.6 is 27.7 Å². The van der Waals surface area contributed by atoms with Crippen molar-refractivity contribution in [3.63, 3.8) is 0 Å². The maximum atomic E-state index is 13.1. The normalized spacial score (nSPS) is 14.6. The van der Waals surface area contributed by atoms with Gasteiger partial charge in [-0.25, -0.2) is 4.90 Å². The Morgan fingerprint density at radius 3 is 2.65 bits per heavy atom. The minimum Gasteiger partial charge on any atom is -0.493 e. The average Bonchev–Trinajstić information content (AvgIpc) is 2.76. The molecular formula is C21H20BrN4O4S+. The van der Waals surface area contributed by atoms with Crippen molar-refractivity contribution in [2.75, 3.05) is 25.4 Å². The second-order valence-corrected chi connectivity index (χ2v) is 8.48. The second kappa shape index (κ2) is 8.35. The van der Waals surface area contributed by atoms with Gasteiger partial charge in [-0.05, 0) is 35.2 Å². The lowest BCUT2D eigenvalue weighted by molar-refractivity contribution is -0.763. The van der Waals surface area contributed by atoms with Crippen molar-refractivity contribution < 1.29 is 19.0 Å². The largest absolute Gasteiger partial charge is 0.493 e. The molecule has 0 fully saturated rings. The summed E-state index contributed by atoms with van der Waals surface area (Å²) in [5.74, 6) is 0.739. The van der Waals surface area contributed by atoms with Gasteiger partial charge in [-0.15, -0.1) is 0 Å². The number of fused-ring (bicyclic) bond motifs is 3. The van der Waals surface area contributed by atoms with Crippen LogP contribution in [-0.4, -0.2) is 36.5 Å². The average molecular weight is 504 g/mol. The van der Waals surface area contributed by atoms with E-state index in [2.05, 4.69) is 26.0 Å². The maximum Gasteiger partial charge on any atom is 0.325 e. The number of hydrogen-bond acceptors (Lipinski definition) is 6. The minimum atomic E-state index is -0.767. The van der Waals surface area contributed by atoms with Crippen molar-refractivity contribution >= 4 is 39.3 Å². The molecule has 0 spiro atoms. The molecule has 1 atom stereocenters. The highest BCUT2D eigenvalue weighted by atomic mass is 79.9. The van der Waals surface area contributed by atoms with Crippen LogP contribution in [0.25, 0.3) is 11.3 Å². The summed E-state index contributed by atoms with van der Waals surface area (Å²) in [5.41, 5.74) is 1.93. The Hall–Kier alpha value is -2.85. The van der Waals surface area contributed by atoms with Crippen molar-refractivity contribution in [1.29, 1.82) is 0 Å². The van der Waals surface area contributed by atoms with Gasteiger partial charge in [0, 0.05) is 16.5 Å². The molecule has 0 radical (unpaired) electrons. The molecule has 31 heavy (non-hydrogen) atoms. The summed E-state index contributed by atoms with van der Waals surface area (Å²) in [5, 5.41) is 5.09. The number of aromatic nitrogens is 3. The molecule has 1 amide bonds. The van der Waals surface area contributed by atoms with Gasteiger partial charge in [-0.1, -0.05) is 39.8 Å². The Bertz CT molecular complexity index is 1250. The summed E-state index contributed by atoms with van der Waals surface area (Å²) in [6, 6.07) is 10.9. The molecule has 1 aliphatic heterocycles. The van der Waals surface area contributed by atoms with Crippen molar-refractivity contribution in [1.82, 2.24) is 10.1 Å². The first-order valence-electron chi connectivity index (χ1n) is 9.32. The fourth-order valence-electron chi connectivity index (χ4n) is 3.84. The van der Waals surface area contributed by atoms with Crippen molar-refractivity contribution in [3.05, 3.63) is 56.8 Å². The van der Waals surface area contributed by atoms with Gasteiger partial charge < -0.3 is 9.47 Å². The number of aromatic amines is 1. The molecule has 160 valence electrons. The lowest BCUT2D eigenvalue weighted by Gasteiger charge is -2.32. The Labute approximate surface area is 191 Å². The van der Waals surface area contributed by atoms with Gasteiger partial charge in [0.25, 0.3) is 6.17 Å². The number of ether oxygens (including phenoxy) is 2. The standard InChI is InChI=1S/C21H19BrN4O4S/c1-11(27)25-15-8-6-5-7-13(15)17-19(28)23-21(31-4)24-26(17)20(25)14-9-12(22)10-16(29-2)18(14)30-3/h5-10,20H,1-4H3/p+1/t20-/m0/s1. The third-order valence-electron chi connectivity index (χ3n) is 5.04. The zero-order valence-electron chi connectivity index (χ0n) is 17.3. The van der Waals surface area contributed by atoms with Crippen molar-refractivity contribution in [2.45, 2.75) is 18.2 Å². The lowest BCUT2D eigenvalue weighted by Crippen LogP contribution is -2.60. The van der Waals surface area contributed by atoms with Crippen LogP contribution in [0.2, 0.25) is 0 Å². The Morgan fingerprint density at radius 2 is 2.00 bits per heavy atom. The number of methoxy groups -OCH3 is 2. The zero-order chi connectivity index (χ0) is 22.3. The molecule has 2 aromatic carbocycles. The topological polar surface area (TPSA) is 88.4 Å². The molecular weight excluding hydrogens is 484 g/mol. The third kappa shape index (κ3) is 3.49. The number of rotatable bonds is 4. The molecule has 1 aromatic heterocycles. The Kier molecular flexibility index (Phi) is 5.76. The lowest BCUT2D eigenvalue weighted by atomic mass is 10.0. The first kappa shape index (κ1) is 21.4. The van der Waals surface area contributed by atoms with Gasteiger partial charge in [-0.2, -0.15) is 0 Å². The minimum absolute atomic E-state index is 0.204. The number of nitrogens with zero attached hydrogens (tertiary/aromatic N) is 3.